The Morgan fingerprint density at radius 3 is 2.50 bits per heavy atom. The zero-order chi connectivity index (χ0) is 17.3. The molecule has 0 spiro atoms. The van der Waals surface area contributed by atoms with Gasteiger partial charge in [0.05, 0.1) is 11.6 Å². The number of aryl methyl sites for hydroxylation is 1. The summed E-state index contributed by atoms with van der Waals surface area (Å²) in [5.74, 6) is 1.90. The molecule has 6 heteroatoms. The fourth-order valence-corrected chi connectivity index (χ4v) is 2.48. The van der Waals surface area contributed by atoms with Crippen LogP contribution in [0.5, 0.6) is 5.75 Å². The smallest absolute Gasteiger partial charge is 0.163 e. The Bertz CT molecular complexity index is 846. The van der Waals surface area contributed by atoms with Crippen LogP contribution >= 0.6 is 0 Å². The number of anilines is 1. The van der Waals surface area contributed by atoms with E-state index in [0.29, 0.717) is 0 Å². The molecular formula is C18H23N5O. The van der Waals surface area contributed by atoms with Crippen molar-refractivity contribution in [2.45, 2.75) is 32.6 Å². The van der Waals surface area contributed by atoms with Crippen LogP contribution in [0.15, 0.2) is 30.5 Å². The second kappa shape index (κ2) is 6.11. The monoisotopic (exact) mass is 325 g/mol. The van der Waals surface area contributed by atoms with Gasteiger partial charge in [0, 0.05) is 19.0 Å². The van der Waals surface area contributed by atoms with Gasteiger partial charge >= 0.3 is 0 Å². The van der Waals surface area contributed by atoms with E-state index < -0.39 is 0 Å². The second-order valence-electron chi connectivity index (χ2n) is 6.99. The van der Waals surface area contributed by atoms with Gasteiger partial charge in [0.15, 0.2) is 5.65 Å². The van der Waals surface area contributed by atoms with Gasteiger partial charge in [0.2, 0.25) is 0 Å². The van der Waals surface area contributed by atoms with Crippen LogP contribution < -0.4 is 5.32 Å². The molecule has 0 unspecified atom stereocenters. The summed E-state index contributed by atoms with van der Waals surface area (Å²) in [6.07, 6.45) is 2.64. The maximum atomic E-state index is 9.35. The predicted octanol–water partition coefficient (Wildman–Crippen LogP) is 3.02. The largest absolute Gasteiger partial charge is 0.508 e. The van der Waals surface area contributed by atoms with Gasteiger partial charge in [-0.25, -0.2) is 9.97 Å². The molecule has 24 heavy (non-hydrogen) atoms. The van der Waals surface area contributed by atoms with Crippen molar-refractivity contribution in [1.82, 2.24) is 19.7 Å². The van der Waals surface area contributed by atoms with Gasteiger partial charge in [-0.2, -0.15) is 5.10 Å². The van der Waals surface area contributed by atoms with Crippen molar-refractivity contribution < 1.29 is 5.11 Å². The van der Waals surface area contributed by atoms with Crippen LogP contribution in [0, 0.1) is 0 Å². The van der Waals surface area contributed by atoms with Gasteiger partial charge < -0.3 is 10.4 Å². The minimum atomic E-state index is -0.133. The highest BCUT2D eigenvalue weighted by atomic mass is 16.3. The Balaban J connectivity index is 1.84. The van der Waals surface area contributed by atoms with E-state index in [1.165, 1.54) is 0 Å². The van der Waals surface area contributed by atoms with Crippen LogP contribution in [0.4, 0.5) is 5.82 Å². The minimum absolute atomic E-state index is 0.133. The third-order valence-corrected chi connectivity index (χ3v) is 3.91. The van der Waals surface area contributed by atoms with Gasteiger partial charge in [-0.05, 0) is 24.1 Å². The molecule has 3 aromatic rings. The van der Waals surface area contributed by atoms with Crippen LogP contribution in [0.2, 0.25) is 0 Å². The van der Waals surface area contributed by atoms with Crippen molar-refractivity contribution in [1.29, 1.82) is 0 Å². The average Bonchev–Trinajstić information content (AvgIpc) is 2.90. The Hall–Kier alpha value is -2.63. The lowest BCUT2D eigenvalue weighted by Crippen LogP contribution is -2.18. The summed E-state index contributed by atoms with van der Waals surface area (Å²) < 4.78 is 1.78. The lowest BCUT2D eigenvalue weighted by atomic mass is 9.95. The summed E-state index contributed by atoms with van der Waals surface area (Å²) in [5, 5.41) is 18.0. The fourth-order valence-electron chi connectivity index (χ4n) is 2.48. The second-order valence-corrected chi connectivity index (χ2v) is 6.99. The molecule has 0 fully saturated rings. The van der Waals surface area contributed by atoms with E-state index in [1.54, 1.807) is 23.0 Å². The van der Waals surface area contributed by atoms with Crippen LogP contribution in [-0.4, -0.2) is 31.4 Å². The first-order valence-electron chi connectivity index (χ1n) is 8.06. The number of fused-ring (bicyclic) bond motifs is 1. The molecule has 0 saturated carbocycles. The highest BCUT2D eigenvalue weighted by molar-refractivity contribution is 5.86. The summed E-state index contributed by atoms with van der Waals surface area (Å²) in [5.41, 5.74) is 1.86. The molecule has 3 rings (SSSR count). The summed E-state index contributed by atoms with van der Waals surface area (Å²) in [4.78, 5) is 9.38. The van der Waals surface area contributed by atoms with E-state index in [-0.39, 0.29) is 11.2 Å². The molecule has 0 amide bonds. The number of nitrogens with one attached hydrogen (secondary N) is 1. The van der Waals surface area contributed by atoms with Crippen molar-refractivity contribution >= 4 is 16.9 Å². The lowest BCUT2D eigenvalue weighted by molar-refractivity contribution is 0.475. The van der Waals surface area contributed by atoms with Gasteiger partial charge in [-0.3, -0.25) is 4.68 Å². The van der Waals surface area contributed by atoms with Crippen molar-refractivity contribution in [2.24, 2.45) is 7.05 Å². The van der Waals surface area contributed by atoms with Gasteiger partial charge in [0.1, 0.15) is 17.4 Å². The summed E-state index contributed by atoms with van der Waals surface area (Å²) in [7, 11) is 1.89. The number of nitrogens with zero attached hydrogens (tertiary/aromatic N) is 4. The zero-order valence-corrected chi connectivity index (χ0v) is 14.5. The SMILES string of the molecule is Cn1ncc2c(NCCc3ccc(O)cc3)nc(C(C)(C)C)nc21. The Morgan fingerprint density at radius 2 is 1.83 bits per heavy atom. The maximum absolute atomic E-state index is 9.35. The number of hydrogen-bond acceptors (Lipinski definition) is 5. The number of benzene rings is 1. The first-order valence-corrected chi connectivity index (χ1v) is 8.06. The van der Waals surface area contributed by atoms with E-state index in [9.17, 15) is 5.11 Å². The lowest BCUT2D eigenvalue weighted by Gasteiger charge is -2.18. The molecule has 2 heterocycles. The molecule has 6 nitrogen and oxygen atoms in total. The standard InChI is InChI=1S/C18H23N5O/c1-18(2,3)17-21-15(14-11-20-23(4)16(14)22-17)19-10-9-12-5-7-13(24)8-6-12/h5-8,11,24H,9-10H2,1-4H3,(H,19,21,22). The normalized spacial score (nSPS) is 11.8. The Kier molecular flexibility index (Phi) is 4.13. The topological polar surface area (TPSA) is 75.9 Å². The summed E-state index contributed by atoms with van der Waals surface area (Å²) >= 11 is 0. The molecule has 0 aliphatic heterocycles. The van der Waals surface area contributed by atoms with E-state index >= 15 is 0 Å². The number of rotatable bonds is 4. The third kappa shape index (κ3) is 3.32. The van der Waals surface area contributed by atoms with Crippen molar-refractivity contribution in [3.63, 3.8) is 0 Å². The molecule has 0 aliphatic rings. The average molecular weight is 325 g/mol. The summed E-state index contributed by atoms with van der Waals surface area (Å²) in [6, 6.07) is 7.27. The van der Waals surface area contributed by atoms with E-state index in [4.69, 9.17) is 4.98 Å². The highest BCUT2D eigenvalue weighted by Crippen LogP contribution is 2.25. The van der Waals surface area contributed by atoms with E-state index in [0.717, 1.165) is 41.2 Å². The van der Waals surface area contributed by atoms with E-state index in [1.807, 2.05) is 19.2 Å². The number of aromatic hydroxyl groups is 1. The molecule has 2 N–H and O–H groups in total. The van der Waals surface area contributed by atoms with Crippen LogP contribution in [0.1, 0.15) is 32.2 Å². The highest BCUT2D eigenvalue weighted by Gasteiger charge is 2.21. The van der Waals surface area contributed by atoms with Gasteiger partial charge in [-0.1, -0.05) is 32.9 Å². The minimum Gasteiger partial charge on any atom is -0.508 e. The van der Waals surface area contributed by atoms with Crippen LogP contribution in [0.3, 0.4) is 0 Å². The number of phenols is 1. The van der Waals surface area contributed by atoms with Crippen LogP contribution in [0.25, 0.3) is 11.0 Å². The molecule has 1 aromatic carbocycles. The molecule has 0 bridgehead atoms. The zero-order valence-electron chi connectivity index (χ0n) is 14.5. The predicted molar refractivity (Wildman–Crippen MR) is 95.3 cm³/mol. The van der Waals surface area contributed by atoms with Crippen molar-refractivity contribution in [3.8, 4) is 5.75 Å². The quantitative estimate of drug-likeness (QED) is 0.771. The first kappa shape index (κ1) is 16.2. The molecule has 0 aliphatic carbocycles. The number of hydrogen-bond donors (Lipinski definition) is 2. The molecule has 0 radical (unpaired) electrons. The van der Waals surface area contributed by atoms with Crippen molar-refractivity contribution in [2.75, 3.05) is 11.9 Å². The first-order chi connectivity index (χ1) is 11.3. The Labute approximate surface area is 141 Å². The fraction of sp³-hybridized carbons (Fsp3) is 0.389. The van der Waals surface area contributed by atoms with Crippen molar-refractivity contribution in [3.05, 3.63) is 41.9 Å². The molecular weight excluding hydrogens is 302 g/mol. The maximum Gasteiger partial charge on any atom is 0.163 e. The van der Waals surface area contributed by atoms with Gasteiger partial charge in [-0.15, -0.1) is 0 Å². The third-order valence-electron chi connectivity index (χ3n) is 3.91. The Morgan fingerprint density at radius 1 is 1.12 bits per heavy atom. The molecule has 2 aromatic heterocycles. The molecule has 0 saturated heterocycles. The number of aromatic nitrogens is 4. The molecule has 126 valence electrons. The van der Waals surface area contributed by atoms with Gasteiger partial charge in [0.25, 0.3) is 0 Å². The molecule has 0 atom stereocenters. The number of phenolic OH excluding ortho intramolecular Hbond substituents is 1. The van der Waals surface area contributed by atoms with Crippen LogP contribution in [-0.2, 0) is 18.9 Å². The summed E-state index contributed by atoms with van der Waals surface area (Å²) in [6.45, 7) is 7.05. The van der Waals surface area contributed by atoms with E-state index in [2.05, 4.69) is 36.2 Å².